The molecule has 1 saturated carbocycles. The molecule has 2 heterocycles. The Labute approximate surface area is 155 Å². The van der Waals surface area contributed by atoms with Crippen LogP contribution in [-0.4, -0.2) is 28.9 Å². The SMILES string of the molecule is O=C(c1ccc(OCc2cccnc2)cc1)N1CC[C@H]2CCCC[C@H]2C1. The molecule has 0 radical (unpaired) electrons. The van der Waals surface area contributed by atoms with Gasteiger partial charge in [0.2, 0.25) is 0 Å². The van der Waals surface area contributed by atoms with Crippen molar-refractivity contribution < 1.29 is 9.53 Å². The number of carbonyl (C=O) groups is 1. The van der Waals surface area contributed by atoms with E-state index in [9.17, 15) is 4.79 Å². The predicted molar refractivity (Wildman–Crippen MR) is 101 cm³/mol. The van der Waals surface area contributed by atoms with Crippen molar-refractivity contribution in [1.29, 1.82) is 0 Å². The van der Waals surface area contributed by atoms with Gasteiger partial charge in [-0.3, -0.25) is 9.78 Å². The number of carbonyl (C=O) groups excluding carboxylic acids is 1. The number of rotatable bonds is 4. The van der Waals surface area contributed by atoms with Crippen LogP contribution >= 0.6 is 0 Å². The zero-order valence-electron chi connectivity index (χ0n) is 15.1. The van der Waals surface area contributed by atoms with Crippen LogP contribution in [0.4, 0.5) is 0 Å². The van der Waals surface area contributed by atoms with Crippen LogP contribution in [0.15, 0.2) is 48.8 Å². The van der Waals surface area contributed by atoms with Crippen LogP contribution in [0.2, 0.25) is 0 Å². The maximum absolute atomic E-state index is 12.8. The highest BCUT2D eigenvalue weighted by atomic mass is 16.5. The number of fused-ring (bicyclic) bond motifs is 1. The van der Waals surface area contributed by atoms with E-state index in [0.29, 0.717) is 12.5 Å². The summed E-state index contributed by atoms with van der Waals surface area (Å²) in [7, 11) is 0. The van der Waals surface area contributed by atoms with Gasteiger partial charge < -0.3 is 9.64 Å². The van der Waals surface area contributed by atoms with Crippen LogP contribution in [0.3, 0.4) is 0 Å². The molecule has 4 rings (SSSR count). The first-order chi connectivity index (χ1) is 12.8. The molecular formula is C22H26N2O2. The van der Waals surface area contributed by atoms with Crippen molar-refractivity contribution in [2.24, 2.45) is 11.8 Å². The Morgan fingerprint density at radius 3 is 2.65 bits per heavy atom. The topological polar surface area (TPSA) is 42.4 Å². The Morgan fingerprint density at radius 2 is 1.88 bits per heavy atom. The van der Waals surface area contributed by atoms with Gasteiger partial charge in [0.05, 0.1) is 0 Å². The summed E-state index contributed by atoms with van der Waals surface area (Å²) in [5.74, 6) is 2.49. The molecule has 1 aromatic heterocycles. The van der Waals surface area contributed by atoms with E-state index < -0.39 is 0 Å². The minimum Gasteiger partial charge on any atom is -0.489 e. The number of amides is 1. The lowest BCUT2D eigenvalue weighted by Gasteiger charge is -2.41. The summed E-state index contributed by atoms with van der Waals surface area (Å²) in [6.07, 6.45) is 10.1. The van der Waals surface area contributed by atoms with Gasteiger partial charge in [-0.05, 0) is 55.0 Å². The van der Waals surface area contributed by atoms with Crippen molar-refractivity contribution in [3.63, 3.8) is 0 Å². The molecule has 1 aromatic carbocycles. The van der Waals surface area contributed by atoms with Gasteiger partial charge in [-0.2, -0.15) is 0 Å². The largest absolute Gasteiger partial charge is 0.489 e. The van der Waals surface area contributed by atoms with E-state index in [2.05, 4.69) is 9.88 Å². The summed E-state index contributed by atoms with van der Waals surface area (Å²) < 4.78 is 5.78. The fraction of sp³-hybridized carbons (Fsp3) is 0.455. The molecule has 4 nitrogen and oxygen atoms in total. The second-order valence-corrected chi connectivity index (χ2v) is 7.52. The van der Waals surface area contributed by atoms with Crippen LogP contribution in [0.1, 0.15) is 48.0 Å². The lowest BCUT2D eigenvalue weighted by Crippen LogP contribution is -2.44. The maximum atomic E-state index is 12.8. The third kappa shape index (κ3) is 3.90. The second-order valence-electron chi connectivity index (χ2n) is 7.52. The lowest BCUT2D eigenvalue weighted by molar-refractivity contribution is 0.0521. The molecule has 0 unspecified atom stereocenters. The molecule has 0 N–H and O–H groups in total. The van der Waals surface area contributed by atoms with E-state index in [4.69, 9.17) is 4.74 Å². The summed E-state index contributed by atoms with van der Waals surface area (Å²) in [6, 6.07) is 11.4. The summed E-state index contributed by atoms with van der Waals surface area (Å²) in [5, 5.41) is 0. The van der Waals surface area contributed by atoms with Crippen LogP contribution in [-0.2, 0) is 6.61 Å². The van der Waals surface area contributed by atoms with Crippen LogP contribution in [0.5, 0.6) is 5.75 Å². The fourth-order valence-corrected chi connectivity index (χ4v) is 4.31. The molecule has 2 aliphatic rings. The third-order valence-electron chi connectivity index (χ3n) is 5.81. The zero-order valence-corrected chi connectivity index (χ0v) is 15.1. The van der Waals surface area contributed by atoms with Crippen LogP contribution in [0.25, 0.3) is 0 Å². The molecule has 2 fully saturated rings. The first-order valence-electron chi connectivity index (χ1n) is 9.70. The number of hydrogen-bond donors (Lipinski definition) is 0. The van der Waals surface area contributed by atoms with Crippen LogP contribution in [0, 0.1) is 11.8 Å². The summed E-state index contributed by atoms with van der Waals surface area (Å²) in [6.45, 7) is 2.32. The highest BCUT2D eigenvalue weighted by Gasteiger charge is 2.33. The van der Waals surface area contributed by atoms with Gasteiger partial charge in [0, 0.05) is 36.6 Å². The quantitative estimate of drug-likeness (QED) is 0.825. The summed E-state index contributed by atoms with van der Waals surface area (Å²) in [5.41, 5.74) is 1.79. The summed E-state index contributed by atoms with van der Waals surface area (Å²) in [4.78, 5) is 19.0. The van der Waals surface area contributed by atoms with Gasteiger partial charge in [0.25, 0.3) is 5.91 Å². The van der Waals surface area contributed by atoms with Gasteiger partial charge in [0.15, 0.2) is 0 Å². The molecule has 0 bridgehead atoms. The number of pyridine rings is 1. The Bertz CT molecular complexity index is 730. The van der Waals surface area contributed by atoms with E-state index in [-0.39, 0.29) is 5.91 Å². The second kappa shape index (κ2) is 7.90. The number of nitrogens with zero attached hydrogens (tertiary/aromatic N) is 2. The molecule has 136 valence electrons. The van der Waals surface area contributed by atoms with Crippen LogP contribution < -0.4 is 4.74 Å². The molecular weight excluding hydrogens is 324 g/mol. The average Bonchev–Trinajstić information content (AvgIpc) is 2.72. The van der Waals surface area contributed by atoms with Crippen molar-refractivity contribution in [2.45, 2.75) is 38.7 Å². The smallest absolute Gasteiger partial charge is 0.253 e. The normalized spacial score (nSPS) is 22.5. The Hall–Kier alpha value is -2.36. The molecule has 4 heteroatoms. The maximum Gasteiger partial charge on any atom is 0.253 e. The van der Waals surface area contributed by atoms with Gasteiger partial charge in [-0.25, -0.2) is 0 Å². The molecule has 1 saturated heterocycles. The number of aromatic nitrogens is 1. The average molecular weight is 350 g/mol. The van der Waals surface area contributed by atoms with E-state index in [0.717, 1.165) is 35.9 Å². The van der Waals surface area contributed by atoms with Gasteiger partial charge in [-0.1, -0.05) is 25.3 Å². The number of likely N-dealkylation sites (tertiary alicyclic amines) is 1. The molecule has 0 spiro atoms. The van der Waals surface area contributed by atoms with Crippen molar-refractivity contribution >= 4 is 5.91 Å². The van der Waals surface area contributed by atoms with Crippen molar-refractivity contribution in [3.8, 4) is 5.75 Å². The first kappa shape index (κ1) is 17.1. The lowest BCUT2D eigenvalue weighted by atomic mass is 9.75. The summed E-state index contributed by atoms with van der Waals surface area (Å²) >= 11 is 0. The predicted octanol–water partition coefficient (Wildman–Crippen LogP) is 4.31. The number of piperidine rings is 1. The molecule has 1 aliphatic heterocycles. The van der Waals surface area contributed by atoms with E-state index in [1.165, 1.54) is 32.1 Å². The molecule has 2 atom stereocenters. The third-order valence-corrected chi connectivity index (χ3v) is 5.81. The highest BCUT2D eigenvalue weighted by Crippen LogP contribution is 2.36. The minimum absolute atomic E-state index is 0.160. The fourth-order valence-electron chi connectivity index (χ4n) is 4.31. The van der Waals surface area contributed by atoms with E-state index >= 15 is 0 Å². The number of hydrogen-bond acceptors (Lipinski definition) is 3. The Kier molecular flexibility index (Phi) is 5.19. The first-order valence-corrected chi connectivity index (χ1v) is 9.70. The molecule has 1 aliphatic carbocycles. The van der Waals surface area contributed by atoms with Crippen molar-refractivity contribution in [1.82, 2.24) is 9.88 Å². The van der Waals surface area contributed by atoms with Gasteiger partial charge in [-0.15, -0.1) is 0 Å². The molecule has 26 heavy (non-hydrogen) atoms. The molecule has 1 amide bonds. The van der Waals surface area contributed by atoms with Crippen molar-refractivity contribution in [2.75, 3.05) is 13.1 Å². The molecule has 2 aromatic rings. The Balaban J connectivity index is 1.35. The van der Waals surface area contributed by atoms with Crippen molar-refractivity contribution in [3.05, 3.63) is 59.9 Å². The van der Waals surface area contributed by atoms with Gasteiger partial charge in [0.1, 0.15) is 12.4 Å². The van der Waals surface area contributed by atoms with E-state index in [1.54, 1.807) is 12.4 Å². The number of ether oxygens (including phenoxy) is 1. The zero-order chi connectivity index (χ0) is 17.8. The number of benzene rings is 1. The monoisotopic (exact) mass is 350 g/mol. The minimum atomic E-state index is 0.160. The van der Waals surface area contributed by atoms with Gasteiger partial charge >= 0.3 is 0 Å². The standard InChI is InChI=1S/C22H26N2O2/c25-22(24-13-11-18-5-1-2-6-20(18)15-24)19-7-9-21(10-8-19)26-16-17-4-3-12-23-14-17/h3-4,7-10,12,14,18,20H,1-2,5-6,11,13,15-16H2/t18-,20+/m1/s1. The Morgan fingerprint density at radius 1 is 1.08 bits per heavy atom. The van der Waals surface area contributed by atoms with E-state index in [1.807, 2.05) is 36.4 Å². The highest BCUT2D eigenvalue weighted by molar-refractivity contribution is 5.94.